The van der Waals surface area contributed by atoms with Crippen molar-refractivity contribution in [1.29, 1.82) is 0 Å². The molecule has 418 valence electrons. The highest BCUT2D eigenvalue weighted by atomic mass is 16.6. The minimum absolute atomic E-state index is 0.0755. The molecule has 5 nitrogen and oxygen atoms in total. The first-order valence-electron chi connectivity index (χ1n) is 31.5. The van der Waals surface area contributed by atoms with Crippen molar-refractivity contribution in [2.45, 2.75) is 322 Å². The zero-order valence-corrected chi connectivity index (χ0v) is 48.2. The van der Waals surface area contributed by atoms with Gasteiger partial charge in [-0.3, -0.25) is 9.59 Å². The zero-order chi connectivity index (χ0) is 52.0. The smallest absolute Gasteiger partial charge is 0.306 e. The van der Waals surface area contributed by atoms with Crippen molar-refractivity contribution in [3.63, 3.8) is 0 Å². The Morgan fingerprint density at radius 3 is 1.01 bits per heavy atom. The maximum Gasteiger partial charge on any atom is 0.306 e. The van der Waals surface area contributed by atoms with Crippen molar-refractivity contribution in [3.8, 4) is 0 Å². The fourth-order valence-electron chi connectivity index (χ4n) is 9.02. The molecule has 0 N–H and O–H groups in total. The number of esters is 2. The van der Waals surface area contributed by atoms with Gasteiger partial charge in [0.2, 0.25) is 0 Å². The molecule has 0 saturated carbocycles. The van der Waals surface area contributed by atoms with Gasteiger partial charge in [-0.1, -0.05) is 267 Å². The fourth-order valence-corrected chi connectivity index (χ4v) is 9.02. The Bertz CT molecular complexity index is 1270. The molecule has 0 heterocycles. The molecule has 5 heteroatoms. The molecule has 1 atom stereocenters. The van der Waals surface area contributed by atoms with Crippen LogP contribution in [-0.2, 0) is 23.8 Å². The van der Waals surface area contributed by atoms with Gasteiger partial charge < -0.3 is 14.2 Å². The van der Waals surface area contributed by atoms with Crippen molar-refractivity contribution in [3.05, 3.63) is 72.9 Å². The topological polar surface area (TPSA) is 61.8 Å². The van der Waals surface area contributed by atoms with E-state index in [0.29, 0.717) is 19.4 Å². The molecular formula is C67H120O5. The second-order valence-electron chi connectivity index (χ2n) is 20.9. The Hall–Kier alpha value is -2.66. The molecule has 72 heavy (non-hydrogen) atoms. The van der Waals surface area contributed by atoms with Gasteiger partial charge >= 0.3 is 11.9 Å². The number of unbranched alkanes of at least 4 members (excludes halogenated alkanes) is 35. The van der Waals surface area contributed by atoms with Gasteiger partial charge in [0.25, 0.3) is 0 Å². The molecule has 0 fully saturated rings. The van der Waals surface area contributed by atoms with E-state index in [4.69, 9.17) is 14.2 Å². The Morgan fingerprint density at radius 1 is 0.319 bits per heavy atom. The zero-order valence-electron chi connectivity index (χ0n) is 48.2. The summed E-state index contributed by atoms with van der Waals surface area (Å²) in [5.74, 6) is -0.407. The lowest BCUT2D eigenvalue weighted by Gasteiger charge is -2.18. The number of rotatable bonds is 58. The van der Waals surface area contributed by atoms with Crippen LogP contribution in [0.5, 0.6) is 0 Å². The predicted octanol–water partition coefficient (Wildman–Crippen LogP) is 21.8. The van der Waals surface area contributed by atoms with Crippen LogP contribution in [0.3, 0.4) is 0 Å². The number of allylic oxidation sites excluding steroid dienone is 12. The van der Waals surface area contributed by atoms with Crippen LogP contribution in [0.25, 0.3) is 0 Å². The molecule has 0 aliphatic rings. The van der Waals surface area contributed by atoms with Crippen LogP contribution in [0.4, 0.5) is 0 Å². The first-order chi connectivity index (χ1) is 35.6. The molecule has 0 aliphatic heterocycles. The maximum atomic E-state index is 12.9. The molecule has 0 rings (SSSR count). The number of carbonyl (C=O) groups is 2. The third-order valence-electron chi connectivity index (χ3n) is 13.7. The predicted molar refractivity (Wildman–Crippen MR) is 316 cm³/mol. The standard InChI is InChI=1S/C67H120O5/c1-4-7-10-13-16-19-22-25-28-31-33-35-38-41-44-47-50-53-56-59-62-70-63-65(72-67(69)61-58-55-52-49-46-43-40-36-30-27-24-21-18-15-12-9-6-3)64-71-66(68)60-57-54-51-48-45-42-39-37-34-32-29-26-23-20-17-14-11-8-5-2/h8,11,17,20,25-30,34,37,65H,4-7,9-10,12-16,18-19,21-24,31-33,35-36,38-64H2,1-3H3/b11-8-,20-17-,28-25-,29-26-,30-27-,37-34-. The van der Waals surface area contributed by atoms with Gasteiger partial charge in [0.05, 0.1) is 6.61 Å². The molecule has 0 aromatic heterocycles. The SMILES string of the molecule is CC/C=C\C/C=C\C/C=C\C/C=C\CCCCCCCCC(=O)OCC(COCCCCCCCCCCCC/C=C\CCCCCCCC)OC(=O)CCCCCCCCC/C=C\CCCCCCCC. The van der Waals surface area contributed by atoms with Crippen molar-refractivity contribution in [2.24, 2.45) is 0 Å². The van der Waals surface area contributed by atoms with Crippen LogP contribution in [0.1, 0.15) is 316 Å². The van der Waals surface area contributed by atoms with Crippen molar-refractivity contribution in [1.82, 2.24) is 0 Å². The van der Waals surface area contributed by atoms with Crippen LogP contribution >= 0.6 is 0 Å². The third kappa shape index (κ3) is 59.9. The van der Waals surface area contributed by atoms with Gasteiger partial charge in [-0.05, 0) is 109 Å². The highest BCUT2D eigenvalue weighted by Gasteiger charge is 2.17. The molecule has 0 saturated heterocycles. The van der Waals surface area contributed by atoms with E-state index in [9.17, 15) is 9.59 Å². The highest BCUT2D eigenvalue weighted by molar-refractivity contribution is 5.70. The quantitative estimate of drug-likeness (QED) is 0.0345. The van der Waals surface area contributed by atoms with Crippen molar-refractivity contribution in [2.75, 3.05) is 19.8 Å². The molecular weight excluding hydrogens is 885 g/mol. The van der Waals surface area contributed by atoms with E-state index in [1.807, 2.05) is 0 Å². The second-order valence-corrected chi connectivity index (χ2v) is 20.9. The normalized spacial score (nSPS) is 12.7. The third-order valence-corrected chi connectivity index (χ3v) is 13.7. The Labute approximate surface area is 448 Å². The highest BCUT2D eigenvalue weighted by Crippen LogP contribution is 2.16. The molecule has 0 bridgehead atoms. The van der Waals surface area contributed by atoms with E-state index >= 15 is 0 Å². The van der Waals surface area contributed by atoms with E-state index in [0.717, 1.165) is 83.5 Å². The number of hydrogen-bond acceptors (Lipinski definition) is 5. The molecule has 0 radical (unpaired) electrons. The summed E-state index contributed by atoms with van der Waals surface area (Å²) in [6.07, 6.45) is 82.2. The Balaban J connectivity index is 4.29. The lowest BCUT2D eigenvalue weighted by atomic mass is 10.1. The molecule has 0 aromatic rings. The van der Waals surface area contributed by atoms with Crippen LogP contribution in [0, 0.1) is 0 Å². The summed E-state index contributed by atoms with van der Waals surface area (Å²) in [5.41, 5.74) is 0. The largest absolute Gasteiger partial charge is 0.462 e. The minimum atomic E-state index is -0.549. The summed E-state index contributed by atoms with van der Waals surface area (Å²) in [7, 11) is 0. The molecule has 0 aliphatic carbocycles. The van der Waals surface area contributed by atoms with Crippen LogP contribution in [0.15, 0.2) is 72.9 Å². The number of ether oxygens (including phenoxy) is 3. The molecule has 0 spiro atoms. The van der Waals surface area contributed by atoms with Crippen LogP contribution in [-0.4, -0.2) is 37.9 Å². The summed E-state index contributed by atoms with van der Waals surface area (Å²) in [6, 6.07) is 0. The van der Waals surface area contributed by atoms with Gasteiger partial charge in [-0.25, -0.2) is 0 Å². The van der Waals surface area contributed by atoms with Gasteiger partial charge in [0.15, 0.2) is 6.10 Å². The minimum Gasteiger partial charge on any atom is -0.462 e. The first-order valence-corrected chi connectivity index (χ1v) is 31.5. The molecule has 0 aromatic carbocycles. The summed E-state index contributed by atoms with van der Waals surface area (Å²) in [4.78, 5) is 25.6. The average molecular weight is 1010 g/mol. The molecule has 1 unspecified atom stereocenters. The van der Waals surface area contributed by atoms with Crippen molar-refractivity contribution >= 4 is 11.9 Å². The van der Waals surface area contributed by atoms with Crippen LogP contribution < -0.4 is 0 Å². The fraction of sp³-hybridized carbons (Fsp3) is 0.791. The maximum absolute atomic E-state index is 12.9. The number of carbonyl (C=O) groups excluding carboxylic acids is 2. The summed E-state index contributed by atoms with van der Waals surface area (Å²) >= 11 is 0. The van der Waals surface area contributed by atoms with E-state index < -0.39 is 6.10 Å². The van der Waals surface area contributed by atoms with Gasteiger partial charge in [-0.2, -0.15) is 0 Å². The Morgan fingerprint density at radius 2 is 0.625 bits per heavy atom. The molecule has 0 amide bonds. The number of hydrogen-bond donors (Lipinski definition) is 0. The Kier molecular flexibility index (Phi) is 60.3. The van der Waals surface area contributed by atoms with Gasteiger partial charge in [0, 0.05) is 19.4 Å². The summed E-state index contributed by atoms with van der Waals surface area (Å²) in [5, 5.41) is 0. The monoisotopic (exact) mass is 1000 g/mol. The van der Waals surface area contributed by atoms with E-state index in [1.54, 1.807) is 0 Å². The first kappa shape index (κ1) is 69.3. The van der Waals surface area contributed by atoms with E-state index in [1.165, 1.54) is 199 Å². The summed E-state index contributed by atoms with van der Waals surface area (Å²) in [6.45, 7) is 7.73. The average Bonchev–Trinajstić information content (AvgIpc) is 3.38. The summed E-state index contributed by atoms with van der Waals surface area (Å²) < 4.78 is 17.5. The lowest BCUT2D eigenvalue weighted by Crippen LogP contribution is -2.30. The van der Waals surface area contributed by atoms with E-state index in [2.05, 4.69) is 93.7 Å². The lowest BCUT2D eigenvalue weighted by molar-refractivity contribution is -0.163. The van der Waals surface area contributed by atoms with E-state index in [-0.39, 0.29) is 25.2 Å². The van der Waals surface area contributed by atoms with Gasteiger partial charge in [0.1, 0.15) is 6.61 Å². The second kappa shape index (κ2) is 62.6. The van der Waals surface area contributed by atoms with Crippen LogP contribution in [0.2, 0.25) is 0 Å². The van der Waals surface area contributed by atoms with Crippen molar-refractivity contribution < 1.29 is 23.8 Å². The van der Waals surface area contributed by atoms with Gasteiger partial charge in [-0.15, -0.1) is 0 Å².